The minimum atomic E-state index is -0.0604. The first-order valence-corrected chi connectivity index (χ1v) is 9.22. The van der Waals surface area contributed by atoms with Gasteiger partial charge in [0.25, 0.3) is 0 Å². The van der Waals surface area contributed by atoms with Crippen molar-refractivity contribution in [3.05, 3.63) is 35.4 Å². The van der Waals surface area contributed by atoms with Gasteiger partial charge in [-0.1, -0.05) is 19.1 Å². The van der Waals surface area contributed by atoms with Gasteiger partial charge in [0.2, 0.25) is 0 Å². The van der Waals surface area contributed by atoms with Crippen molar-refractivity contribution < 1.29 is 4.74 Å². The molecule has 3 aliphatic rings. The highest BCUT2D eigenvalue weighted by Gasteiger charge is 2.36. The molecule has 3 heteroatoms. The molecule has 0 N–H and O–H groups in total. The lowest BCUT2D eigenvalue weighted by Gasteiger charge is -2.41. The van der Waals surface area contributed by atoms with Crippen molar-refractivity contribution in [2.75, 3.05) is 32.7 Å². The van der Waals surface area contributed by atoms with Gasteiger partial charge in [0.1, 0.15) is 11.4 Å². The van der Waals surface area contributed by atoms with E-state index in [4.69, 9.17) is 4.74 Å². The SMILES string of the molecule is CCN1CCC2(C=Cc3cc(CN4CCCC4)ccc3O2)CC1. The molecule has 1 spiro atoms. The second kappa shape index (κ2) is 6.29. The fourth-order valence-electron chi connectivity index (χ4n) is 4.13. The van der Waals surface area contributed by atoms with E-state index in [2.05, 4.69) is 47.1 Å². The third-order valence-electron chi connectivity index (χ3n) is 5.71. The minimum absolute atomic E-state index is 0.0604. The van der Waals surface area contributed by atoms with Crippen LogP contribution in [0.3, 0.4) is 0 Å². The predicted molar refractivity (Wildman–Crippen MR) is 94.7 cm³/mol. The van der Waals surface area contributed by atoms with Crippen LogP contribution in [-0.4, -0.2) is 48.1 Å². The van der Waals surface area contributed by atoms with E-state index >= 15 is 0 Å². The fourth-order valence-corrected chi connectivity index (χ4v) is 4.13. The second-order valence-electron chi connectivity index (χ2n) is 7.29. The van der Waals surface area contributed by atoms with E-state index in [1.54, 1.807) is 0 Å². The van der Waals surface area contributed by atoms with Crippen LogP contribution < -0.4 is 4.74 Å². The van der Waals surface area contributed by atoms with Crippen molar-refractivity contribution in [2.45, 2.75) is 44.8 Å². The maximum Gasteiger partial charge on any atom is 0.130 e. The smallest absolute Gasteiger partial charge is 0.130 e. The van der Waals surface area contributed by atoms with E-state index in [1.165, 1.54) is 37.1 Å². The summed E-state index contributed by atoms with van der Waals surface area (Å²) in [5.74, 6) is 1.07. The Labute approximate surface area is 139 Å². The lowest BCUT2D eigenvalue weighted by Crippen LogP contribution is -2.47. The average Bonchev–Trinajstić information content (AvgIpc) is 3.09. The molecule has 0 saturated carbocycles. The summed E-state index contributed by atoms with van der Waals surface area (Å²) in [6.45, 7) is 9.26. The molecule has 1 aromatic carbocycles. The maximum atomic E-state index is 6.45. The highest BCUT2D eigenvalue weighted by molar-refractivity contribution is 5.62. The average molecular weight is 312 g/mol. The van der Waals surface area contributed by atoms with Crippen molar-refractivity contribution >= 4 is 6.08 Å². The predicted octanol–water partition coefficient (Wildman–Crippen LogP) is 3.54. The second-order valence-corrected chi connectivity index (χ2v) is 7.29. The lowest BCUT2D eigenvalue weighted by atomic mass is 9.88. The van der Waals surface area contributed by atoms with Crippen LogP contribution in [0.5, 0.6) is 5.75 Å². The number of benzene rings is 1. The van der Waals surface area contributed by atoms with Gasteiger partial charge in [-0.3, -0.25) is 4.90 Å². The zero-order valence-corrected chi connectivity index (χ0v) is 14.3. The molecule has 0 unspecified atom stereocenters. The van der Waals surface area contributed by atoms with Gasteiger partial charge in [-0.05, 0) is 56.2 Å². The Balaban J connectivity index is 1.47. The van der Waals surface area contributed by atoms with Crippen LogP contribution in [0.2, 0.25) is 0 Å². The third-order valence-corrected chi connectivity index (χ3v) is 5.71. The van der Waals surface area contributed by atoms with Gasteiger partial charge in [-0.2, -0.15) is 0 Å². The molecule has 3 aliphatic heterocycles. The Morgan fingerprint density at radius 3 is 2.57 bits per heavy atom. The molecule has 2 saturated heterocycles. The number of likely N-dealkylation sites (tertiary alicyclic amines) is 2. The number of hydrogen-bond acceptors (Lipinski definition) is 3. The topological polar surface area (TPSA) is 15.7 Å². The molecular formula is C20H28N2O. The van der Waals surface area contributed by atoms with Crippen LogP contribution in [0, 0.1) is 0 Å². The molecule has 0 aliphatic carbocycles. The summed E-state index contributed by atoms with van der Waals surface area (Å²) >= 11 is 0. The normalized spacial score (nSPS) is 23.9. The summed E-state index contributed by atoms with van der Waals surface area (Å²) < 4.78 is 6.45. The third kappa shape index (κ3) is 3.17. The minimum Gasteiger partial charge on any atom is -0.482 e. The van der Waals surface area contributed by atoms with Crippen LogP contribution in [0.1, 0.15) is 43.7 Å². The quantitative estimate of drug-likeness (QED) is 0.849. The van der Waals surface area contributed by atoms with Crippen molar-refractivity contribution in [1.82, 2.24) is 9.80 Å². The number of ether oxygens (including phenoxy) is 1. The zero-order valence-electron chi connectivity index (χ0n) is 14.3. The largest absolute Gasteiger partial charge is 0.482 e. The van der Waals surface area contributed by atoms with E-state index in [1.807, 2.05) is 0 Å². The maximum absolute atomic E-state index is 6.45. The summed E-state index contributed by atoms with van der Waals surface area (Å²) in [7, 11) is 0. The van der Waals surface area contributed by atoms with Crippen molar-refractivity contribution in [1.29, 1.82) is 0 Å². The molecule has 124 valence electrons. The van der Waals surface area contributed by atoms with Crippen molar-refractivity contribution in [2.24, 2.45) is 0 Å². The van der Waals surface area contributed by atoms with Crippen molar-refractivity contribution in [3.63, 3.8) is 0 Å². The molecule has 3 nitrogen and oxygen atoms in total. The molecule has 1 aromatic rings. The van der Waals surface area contributed by atoms with E-state index in [0.717, 1.165) is 44.8 Å². The summed E-state index contributed by atoms with van der Waals surface area (Å²) in [5.41, 5.74) is 2.61. The molecular weight excluding hydrogens is 284 g/mol. The highest BCUT2D eigenvalue weighted by Crippen LogP contribution is 2.37. The first-order valence-electron chi connectivity index (χ1n) is 9.22. The molecule has 0 atom stereocenters. The van der Waals surface area contributed by atoms with Crippen LogP contribution in [0.25, 0.3) is 6.08 Å². The molecule has 3 heterocycles. The Bertz CT molecular complexity index is 581. The van der Waals surface area contributed by atoms with E-state index in [0.29, 0.717) is 0 Å². The van der Waals surface area contributed by atoms with E-state index < -0.39 is 0 Å². The number of nitrogens with zero attached hydrogens (tertiary/aromatic N) is 2. The summed E-state index contributed by atoms with van der Waals surface area (Å²) in [6.07, 6.45) is 9.53. The molecule has 0 aromatic heterocycles. The molecule has 23 heavy (non-hydrogen) atoms. The number of hydrogen-bond donors (Lipinski definition) is 0. The summed E-state index contributed by atoms with van der Waals surface area (Å²) in [6, 6.07) is 6.77. The Morgan fingerprint density at radius 1 is 1.04 bits per heavy atom. The van der Waals surface area contributed by atoms with Gasteiger partial charge in [0, 0.05) is 38.0 Å². The Kier molecular flexibility index (Phi) is 4.16. The lowest BCUT2D eigenvalue weighted by molar-refractivity contribution is 0.0406. The summed E-state index contributed by atoms with van der Waals surface area (Å²) in [5, 5.41) is 0. The molecule has 0 amide bonds. The Hall–Kier alpha value is -1.32. The van der Waals surface area contributed by atoms with Crippen LogP contribution in [0.4, 0.5) is 0 Å². The zero-order chi connectivity index (χ0) is 15.7. The van der Waals surface area contributed by atoms with E-state index in [-0.39, 0.29) is 5.60 Å². The van der Waals surface area contributed by atoms with Crippen molar-refractivity contribution in [3.8, 4) is 5.75 Å². The van der Waals surface area contributed by atoms with Gasteiger partial charge in [0.15, 0.2) is 0 Å². The molecule has 0 radical (unpaired) electrons. The monoisotopic (exact) mass is 312 g/mol. The molecule has 2 fully saturated rings. The first kappa shape index (κ1) is 15.2. The number of piperidine rings is 1. The van der Waals surface area contributed by atoms with Crippen LogP contribution in [0.15, 0.2) is 24.3 Å². The first-order chi connectivity index (χ1) is 11.3. The molecule has 4 rings (SSSR count). The van der Waals surface area contributed by atoms with Gasteiger partial charge in [-0.25, -0.2) is 0 Å². The van der Waals surface area contributed by atoms with Gasteiger partial charge >= 0.3 is 0 Å². The van der Waals surface area contributed by atoms with Gasteiger partial charge < -0.3 is 9.64 Å². The number of fused-ring (bicyclic) bond motifs is 1. The fraction of sp³-hybridized carbons (Fsp3) is 0.600. The summed E-state index contributed by atoms with van der Waals surface area (Å²) in [4.78, 5) is 5.06. The molecule has 0 bridgehead atoms. The van der Waals surface area contributed by atoms with Gasteiger partial charge in [0.05, 0.1) is 0 Å². The Morgan fingerprint density at radius 2 is 1.83 bits per heavy atom. The van der Waals surface area contributed by atoms with Crippen LogP contribution >= 0.6 is 0 Å². The van der Waals surface area contributed by atoms with Gasteiger partial charge in [-0.15, -0.1) is 0 Å². The standard InChI is InChI=1S/C20H28N2O/c1-2-21-13-9-20(10-14-21)8-7-18-15-17(5-6-19(18)23-20)16-22-11-3-4-12-22/h5-8,15H,2-4,9-14,16H2,1H3. The van der Waals surface area contributed by atoms with E-state index in [9.17, 15) is 0 Å². The number of rotatable bonds is 3. The highest BCUT2D eigenvalue weighted by atomic mass is 16.5. The van der Waals surface area contributed by atoms with Crippen LogP contribution in [-0.2, 0) is 6.54 Å².